The molecule has 0 radical (unpaired) electrons. The molecule has 1 fully saturated rings. The molecule has 1 heterocycles. The van der Waals surface area contributed by atoms with Gasteiger partial charge in [-0.25, -0.2) is 4.79 Å². The Morgan fingerprint density at radius 2 is 0.576 bits per heavy atom. The zero-order chi connectivity index (χ0) is 49.9. The van der Waals surface area contributed by atoms with E-state index >= 15 is 0 Å². The molecule has 0 bridgehead atoms. The minimum absolute atomic E-state index is 0.323. The highest BCUT2D eigenvalue weighted by Gasteiger charge is 2.38. The van der Waals surface area contributed by atoms with E-state index in [9.17, 15) is 99.6 Å². The quantitative estimate of drug-likeness (QED) is 0.0297. The number of aliphatic hydroxyl groups excluding tert-OH is 8. The van der Waals surface area contributed by atoms with Gasteiger partial charge in [-0.2, -0.15) is 0 Å². The second-order valence-electron chi connectivity index (χ2n) is 15.5. The van der Waals surface area contributed by atoms with Crippen LogP contribution in [0, 0.1) is 0 Å². The van der Waals surface area contributed by atoms with Crippen LogP contribution in [0.25, 0.3) is 0 Å². The predicted molar refractivity (Wildman–Crippen MR) is 224 cm³/mol. The van der Waals surface area contributed by atoms with Gasteiger partial charge in [-0.3, -0.25) is 53.2 Å². The number of hydrogen-bond acceptors (Lipinski definition) is 20. The van der Waals surface area contributed by atoms with Crippen molar-refractivity contribution in [3.05, 3.63) is 0 Å². The molecule has 0 aromatic heterocycles. The lowest BCUT2D eigenvalue weighted by atomic mass is 10.1. The Morgan fingerprint density at radius 3 is 0.788 bits per heavy atom. The summed E-state index contributed by atoms with van der Waals surface area (Å²) in [5.74, 6) is -9.61. The Kier molecular flexibility index (Phi) is 28.8. The highest BCUT2D eigenvalue weighted by molar-refractivity contribution is 6.01. The summed E-state index contributed by atoms with van der Waals surface area (Å²) >= 11 is 0. The molecule has 380 valence electrons. The van der Waals surface area contributed by atoms with E-state index in [2.05, 4.69) is 21.3 Å². The molecule has 0 aromatic rings. The fourth-order valence-electron chi connectivity index (χ4n) is 7.07. The number of amides is 4. The Bertz CT molecular complexity index is 1470. The number of carboxylic acids is 4. The summed E-state index contributed by atoms with van der Waals surface area (Å²) in [7, 11) is 0. The van der Waals surface area contributed by atoms with Crippen LogP contribution in [-0.2, 0) is 38.4 Å². The maximum Gasteiger partial charge on any atom is 0.330 e. The van der Waals surface area contributed by atoms with Gasteiger partial charge in [0.25, 0.3) is 0 Å². The van der Waals surface area contributed by atoms with Gasteiger partial charge in [-0.05, 0) is 19.3 Å². The molecule has 66 heavy (non-hydrogen) atoms. The smallest absolute Gasteiger partial charge is 0.330 e. The first-order valence-electron chi connectivity index (χ1n) is 21.3. The van der Waals surface area contributed by atoms with Crippen molar-refractivity contribution in [1.29, 1.82) is 0 Å². The molecule has 4 atom stereocenters. The van der Waals surface area contributed by atoms with Crippen molar-refractivity contribution in [1.82, 2.24) is 40.9 Å². The molecule has 1 saturated heterocycles. The first kappa shape index (κ1) is 59.3. The average Bonchev–Trinajstić information content (AvgIpc) is 3.27. The zero-order valence-electron chi connectivity index (χ0n) is 36.6. The van der Waals surface area contributed by atoms with Crippen LogP contribution in [0.15, 0.2) is 0 Å². The molecule has 1 aliphatic heterocycles. The predicted octanol–water partition coefficient (Wildman–Crippen LogP) is -8.76. The number of nitrogens with one attached hydrogen (secondary N) is 4. The maximum absolute atomic E-state index is 13.5. The molecule has 4 amide bonds. The summed E-state index contributed by atoms with van der Waals surface area (Å²) in [4.78, 5) is 108. The molecule has 4 unspecified atom stereocenters. The van der Waals surface area contributed by atoms with Crippen LogP contribution in [-0.4, -0.2) is 282 Å². The molecule has 0 aromatic carbocycles. The Morgan fingerprint density at radius 1 is 0.348 bits per heavy atom. The largest absolute Gasteiger partial charge is 0.480 e. The molecule has 16 N–H and O–H groups in total. The molecular weight excluding hydrogens is 888 g/mol. The highest BCUT2D eigenvalue weighted by atomic mass is 16.4. The monoisotopic (exact) mass is 956 g/mol. The molecule has 28 heteroatoms. The van der Waals surface area contributed by atoms with Gasteiger partial charge < -0.3 is 82.5 Å². The van der Waals surface area contributed by atoms with Crippen LogP contribution in [0.2, 0.25) is 0 Å². The molecule has 1 aliphatic rings. The Hall–Kier alpha value is -4.72. The van der Waals surface area contributed by atoms with Gasteiger partial charge in [0.2, 0.25) is 23.6 Å². The second-order valence-corrected chi connectivity index (χ2v) is 15.5. The van der Waals surface area contributed by atoms with Gasteiger partial charge in [0.15, 0.2) is 6.04 Å². The number of carbonyl (C=O) groups is 8. The fraction of sp³-hybridized carbons (Fsp3) is 0.789. The lowest BCUT2D eigenvalue weighted by molar-refractivity contribution is -0.152. The van der Waals surface area contributed by atoms with Gasteiger partial charge in [-0.15, -0.1) is 0 Å². The van der Waals surface area contributed by atoms with Crippen LogP contribution in [0.1, 0.15) is 38.5 Å². The summed E-state index contributed by atoms with van der Waals surface area (Å²) in [5, 5.41) is 127. The van der Waals surface area contributed by atoms with Gasteiger partial charge in [0.1, 0.15) is 18.1 Å². The van der Waals surface area contributed by atoms with Crippen LogP contribution in [0.4, 0.5) is 0 Å². The lowest BCUT2D eigenvalue weighted by Crippen LogP contribution is -2.59. The third-order valence-electron chi connectivity index (χ3n) is 10.9. The SMILES string of the molecule is O=C(CCC(C(=O)O)N1CCN(C(CCC(=O)NC(CO)CO)C(=O)O)CCN(C(C(=O)O)C(=O)NC(CO)CO)CCN(C(CCC(=O)NC(CO)CO)C(=O)O)CC1)NC(CO)CO. The van der Waals surface area contributed by atoms with Crippen molar-refractivity contribution in [2.75, 3.05) is 105 Å². The minimum Gasteiger partial charge on any atom is -0.480 e. The van der Waals surface area contributed by atoms with Crippen LogP contribution >= 0.6 is 0 Å². The van der Waals surface area contributed by atoms with E-state index in [0.29, 0.717) is 0 Å². The summed E-state index contributed by atoms with van der Waals surface area (Å²) in [6, 6.07) is -11.2. The number of aliphatic hydroxyl groups is 8. The Labute approximate surface area is 379 Å². The topological polar surface area (TPSA) is 440 Å². The normalized spacial score (nSPS) is 17.0. The van der Waals surface area contributed by atoms with E-state index in [4.69, 9.17) is 0 Å². The van der Waals surface area contributed by atoms with Crippen molar-refractivity contribution in [2.24, 2.45) is 0 Å². The number of carbonyl (C=O) groups excluding carboxylic acids is 4. The highest BCUT2D eigenvalue weighted by Crippen LogP contribution is 2.17. The minimum atomic E-state index is -2.10. The van der Waals surface area contributed by atoms with Crippen molar-refractivity contribution in [3.63, 3.8) is 0 Å². The summed E-state index contributed by atoms with van der Waals surface area (Å²) in [5.41, 5.74) is 0. The van der Waals surface area contributed by atoms with Crippen molar-refractivity contribution in [2.45, 2.75) is 86.9 Å². The van der Waals surface area contributed by atoms with Crippen LogP contribution in [0.3, 0.4) is 0 Å². The van der Waals surface area contributed by atoms with E-state index in [-0.39, 0.29) is 26.2 Å². The summed E-state index contributed by atoms with van der Waals surface area (Å²) < 4.78 is 0. The molecular formula is C38H68N8O20. The lowest BCUT2D eigenvalue weighted by Gasteiger charge is -2.39. The van der Waals surface area contributed by atoms with E-state index in [1.54, 1.807) is 0 Å². The zero-order valence-corrected chi connectivity index (χ0v) is 36.6. The van der Waals surface area contributed by atoms with Gasteiger partial charge >= 0.3 is 23.9 Å². The van der Waals surface area contributed by atoms with Gasteiger partial charge in [0.05, 0.1) is 77.0 Å². The van der Waals surface area contributed by atoms with E-state index in [1.807, 2.05) is 0 Å². The van der Waals surface area contributed by atoms with Crippen LogP contribution < -0.4 is 21.3 Å². The number of carboxylic acid groups (broad SMARTS) is 4. The first-order chi connectivity index (χ1) is 31.3. The number of rotatable bonds is 30. The second kappa shape index (κ2) is 32.1. The number of nitrogens with zero attached hydrogens (tertiary/aromatic N) is 4. The molecule has 0 aliphatic carbocycles. The van der Waals surface area contributed by atoms with E-state index < -0.39 is 213 Å². The number of hydrogen-bond donors (Lipinski definition) is 16. The van der Waals surface area contributed by atoms with E-state index in [1.165, 1.54) is 14.7 Å². The third kappa shape index (κ3) is 20.8. The first-order valence-corrected chi connectivity index (χ1v) is 21.3. The standard InChI is InChI=1S/C38H68N8O20/c47-15-23(16-48)39-30(55)4-1-27(35(59)60)43-7-9-44(28(36(61)62)2-5-31(56)40-24(17-49)18-50)11-13-46(33(38(65)66)34(58)42-26(21-53)22-54)14-12-45(10-8-43)29(37(63)64)3-6-32(57)41-25(19-51)20-52/h23-29,33,47-54H,1-22H2,(H,39,55)(H,40,56)(H,41,57)(H,42,58)(H,59,60)(H,61,62)(H,63,64)(H,65,66). The van der Waals surface area contributed by atoms with Crippen molar-refractivity contribution >= 4 is 47.5 Å². The van der Waals surface area contributed by atoms with Gasteiger partial charge in [0, 0.05) is 71.6 Å². The Balaban J connectivity index is 3.92. The maximum atomic E-state index is 13.5. The van der Waals surface area contributed by atoms with Crippen molar-refractivity contribution < 1.29 is 99.6 Å². The molecule has 28 nitrogen and oxygen atoms in total. The molecule has 1 rings (SSSR count). The summed E-state index contributed by atoms with van der Waals surface area (Å²) in [6.07, 6.45) is -2.62. The van der Waals surface area contributed by atoms with Crippen LogP contribution in [0.5, 0.6) is 0 Å². The number of aliphatic carboxylic acids is 4. The molecule has 0 saturated carbocycles. The third-order valence-corrected chi connectivity index (χ3v) is 10.9. The van der Waals surface area contributed by atoms with E-state index in [0.717, 1.165) is 4.90 Å². The summed E-state index contributed by atoms with van der Waals surface area (Å²) in [6.45, 7) is -8.43. The fourth-order valence-corrected chi connectivity index (χ4v) is 7.07. The van der Waals surface area contributed by atoms with Crippen molar-refractivity contribution in [3.8, 4) is 0 Å². The average molecular weight is 957 g/mol. The van der Waals surface area contributed by atoms with Gasteiger partial charge in [-0.1, -0.05) is 0 Å². The molecule has 0 spiro atoms.